The highest BCUT2D eigenvalue weighted by atomic mass is 19.1. The number of aliphatic hydroxyl groups is 2. The zero-order valence-electron chi connectivity index (χ0n) is 14.4. The molecule has 1 saturated heterocycles. The van der Waals surface area contributed by atoms with Gasteiger partial charge < -0.3 is 19.8 Å². The van der Waals surface area contributed by atoms with E-state index in [9.17, 15) is 10.2 Å². The van der Waals surface area contributed by atoms with E-state index >= 15 is 4.39 Å². The molecule has 1 fully saturated rings. The van der Waals surface area contributed by atoms with Gasteiger partial charge in [-0.1, -0.05) is 5.92 Å². The maximum Gasteiger partial charge on any atom is 0.251 e. The number of terminal acetylenes is 1. The lowest BCUT2D eigenvalue weighted by Gasteiger charge is -2.23. The Kier molecular flexibility index (Phi) is 4.68. The van der Waals surface area contributed by atoms with Crippen LogP contribution in [0.5, 0.6) is 0 Å². The Morgan fingerprint density at radius 1 is 1.54 bits per heavy atom. The Labute approximate surface area is 148 Å². The Morgan fingerprint density at radius 2 is 2.27 bits per heavy atom. The smallest absolute Gasteiger partial charge is 0.251 e. The minimum absolute atomic E-state index is 0.118. The van der Waals surface area contributed by atoms with Crippen molar-refractivity contribution in [2.75, 3.05) is 38.2 Å². The van der Waals surface area contributed by atoms with Crippen molar-refractivity contribution in [3.05, 3.63) is 6.33 Å². The molecule has 10 nitrogen and oxygen atoms in total. The molecular formula is C15H19FN6O4. The third-order valence-corrected chi connectivity index (χ3v) is 4.12. The molecule has 3 N–H and O–H groups in total. The van der Waals surface area contributed by atoms with Gasteiger partial charge in [0.25, 0.3) is 5.95 Å². The summed E-state index contributed by atoms with van der Waals surface area (Å²) >= 11 is 0. The molecule has 26 heavy (non-hydrogen) atoms. The van der Waals surface area contributed by atoms with E-state index < -0.39 is 30.7 Å². The van der Waals surface area contributed by atoms with Crippen LogP contribution >= 0.6 is 0 Å². The highest BCUT2D eigenvalue weighted by molar-refractivity contribution is 5.84. The molecule has 0 spiro atoms. The summed E-state index contributed by atoms with van der Waals surface area (Å²) in [5.74, 6) is 2.51. The van der Waals surface area contributed by atoms with Crippen LogP contribution in [0.1, 0.15) is 6.23 Å². The number of alkyl halides is 1. The summed E-state index contributed by atoms with van der Waals surface area (Å²) in [6, 6.07) is 0. The molecule has 140 valence electrons. The number of hydrogen-bond donors (Lipinski definition) is 3. The summed E-state index contributed by atoms with van der Waals surface area (Å²) in [5.41, 5.74) is 0.537. The van der Waals surface area contributed by atoms with Gasteiger partial charge in [0.05, 0.1) is 20.0 Å². The molecule has 2 aromatic heterocycles. The van der Waals surface area contributed by atoms with Gasteiger partial charge in [-0.05, 0) is 0 Å². The third-order valence-electron chi connectivity index (χ3n) is 4.12. The van der Waals surface area contributed by atoms with E-state index in [0.717, 1.165) is 0 Å². The van der Waals surface area contributed by atoms with Crippen LogP contribution in [0.3, 0.4) is 0 Å². The predicted molar refractivity (Wildman–Crippen MR) is 90.0 cm³/mol. The summed E-state index contributed by atoms with van der Waals surface area (Å²) in [6.45, 7) is -0.591. The van der Waals surface area contributed by atoms with Crippen LogP contribution < -0.4 is 10.4 Å². The van der Waals surface area contributed by atoms with Crippen molar-refractivity contribution in [2.24, 2.45) is 0 Å². The number of hydrogen-bond acceptors (Lipinski definition) is 9. The first kappa shape index (κ1) is 18.3. The van der Waals surface area contributed by atoms with Gasteiger partial charge in [-0.2, -0.15) is 9.97 Å². The molecule has 11 heteroatoms. The monoisotopic (exact) mass is 366 g/mol. The summed E-state index contributed by atoms with van der Waals surface area (Å²) in [5, 5.41) is 19.4. The van der Waals surface area contributed by atoms with E-state index in [1.165, 1.54) is 18.0 Å². The summed E-state index contributed by atoms with van der Waals surface area (Å²) in [6.07, 6.45) is 2.31. The third kappa shape index (κ3) is 2.63. The van der Waals surface area contributed by atoms with E-state index in [0.29, 0.717) is 11.3 Å². The molecule has 1 aliphatic rings. The standard InChI is InChI=1S/C15H19FN6O4/c1-5-15(16)10(24)8(6-23)26-13(15)22-7-17-9-11(21(2)3)18-14(20-25-4)19-12(9)22/h1,7-8,10,13,23-24H,6H2,2-4H3,(H,18,19,20)/t8-,10-,13-,15-/m1/s1. The van der Waals surface area contributed by atoms with Crippen LogP contribution in [-0.2, 0) is 9.57 Å². The van der Waals surface area contributed by atoms with E-state index in [2.05, 4.69) is 20.4 Å². The number of imidazole rings is 1. The van der Waals surface area contributed by atoms with Crippen molar-refractivity contribution in [2.45, 2.75) is 24.1 Å². The van der Waals surface area contributed by atoms with Gasteiger partial charge >= 0.3 is 0 Å². The number of halogens is 1. The maximum atomic E-state index is 15.3. The number of nitrogens with zero attached hydrogens (tertiary/aromatic N) is 5. The summed E-state index contributed by atoms with van der Waals surface area (Å²) in [7, 11) is 4.92. The fraction of sp³-hybridized carbons (Fsp3) is 0.533. The molecule has 4 atom stereocenters. The van der Waals surface area contributed by atoms with Gasteiger partial charge in [0.2, 0.25) is 5.67 Å². The number of rotatable bonds is 5. The Balaban J connectivity index is 2.18. The van der Waals surface area contributed by atoms with Crippen molar-refractivity contribution >= 4 is 22.9 Å². The first-order valence-corrected chi connectivity index (χ1v) is 7.69. The summed E-state index contributed by atoms with van der Waals surface area (Å²) in [4.78, 5) is 19.3. The van der Waals surface area contributed by atoms with Crippen molar-refractivity contribution in [3.8, 4) is 12.3 Å². The minimum Gasteiger partial charge on any atom is -0.394 e. The Morgan fingerprint density at radius 3 is 2.85 bits per heavy atom. The van der Waals surface area contributed by atoms with Crippen LogP contribution in [-0.4, -0.2) is 75.4 Å². The van der Waals surface area contributed by atoms with Gasteiger partial charge in [0.1, 0.15) is 12.2 Å². The lowest BCUT2D eigenvalue weighted by Crippen LogP contribution is -2.42. The highest BCUT2D eigenvalue weighted by Gasteiger charge is 2.57. The SMILES string of the molecule is C#C[C@@]1(F)[C@H](O)[C@@H](CO)O[C@H]1n1cnc2c(N(C)C)nc(NOC)nc21. The predicted octanol–water partition coefficient (Wildman–Crippen LogP) is -0.542. The van der Waals surface area contributed by atoms with E-state index in [1.807, 2.05) is 5.92 Å². The zero-order valence-corrected chi connectivity index (χ0v) is 14.4. The molecule has 0 aliphatic carbocycles. The number of aromatic nitrogens is 4. The zero-order chi connectivity index (χ0) is 19.1. The van der Waals surface area contributed by atoms with Crippen molar-refractivity contribution < 1.29 is 24.2 Å². The molecule has 1 aliphatic heterocycles. The lowest BCUT2D eigenvalue weighted by molar-refractivity contribution is -0.0504. The molecule has 0 saturated carbocycles. The second kappa shape index (κ2) is 6.65. The van der Waals surface area contributed by atoms with Crippen LogP contribution in [0.4, 0.5) is 16.2 Å². The molecular weight excluding hydrogens is 347 g/mol. The Bertz CT molecular complexity index is 853. The summed E-state index contributed by atoms with van der Waals surface area (Å²) < 4.78 is 22.0. The van der Waals surface area contributed by atoms with Crippen molar-refractivity contribution in [1.29, 1.82) is 0 Å². The van der Waals surface area contributed by atoms with Crippen molar-refractivity contribution in [1.82, 2.24) is 19.5 Å². The lowest BCUT2D eigenvalue weighted by atomic mass is 9.97. The van der Waals surface area contributed by atoms with Gasteiger partial charge in [0.15, 0.2) is 23.2 Å². The fourth-order valence-corrected chi connectivity index (χ4v) is 2.85. The topological polar surface area (TPSA) is 118 Å². The molecule has 0 radical (unpaired) electrons. The molecule has 0 amide bonds. The van der Waals surface area contributed by atoms with Crippen LogP contribution in [0.2, 0.25) is 0 Å². The average molecular weight is 366 g/mol. The largest absolute Gasteiger partial charge is 0.394 e. The molecule has 3 rings (SSSR count). The second-order valence-corrected chi connectivity index (χ2v) is 5.96. The quantitative estimate of drug-likeness (QED) is 0.473. The minimum atomic E-state index is -2.57. The molecule has 0 aromatic carbocycles. The molecule has 0 bridgehead atoms. The van der Waals surface area contributed by atoms with Crippen LogP contribution in [0.25, 0.3) is 11.2 Å². The number of nitrogens with one attached hydrogen (secondary N) is 1. The van der Waals surface area contributed by atoms with E-state index in [4.69, 9.17) is 16.0 Å². The van der Waals surface area contributed by atoms with Crippen molar-refractivity contribution in [3.63, 3.8) is 0 Å². The van der Waals surface area contributed by atoms with Gasteiger partial charge in [-0.15, -0.1) is 6.42 Å². The van der Waals surface area contributed by atoms with Crippen LogP contribution in [0, 0.1) is 12.3 Å². The number of fused-ring (bicyclic) bond motifs is 1. The van der Waals surface area contributed by atoms with Gasteiger partial charge in [0, 0.05) is 14.1 Å². The molecule has 2 aromatic rings. The molecule has 0 unspecified atom stereocenters. The van der Waals surface area contributed by atoms with Crippen LogP contribution in [0.15, 0.2) is 6.33 Å². The van der Waals surface area contributed by atoms with E-state index in [1.54, 1.807) is 19.0 Å². The van der Waals surface area contributed by atoms with Gasteiger partial charge in [-0.25, -0.2) is 14.9 Å². The molecule has 3 heterocycles. The number of aliphatic hydroxyl groups excluding tert-OH is 2. The first-order valence-electron chi connectivity index (χ1n) is 7.69. The Hall–Kier alpha value is -2.52. The number of ether oxygens (including phenoxy) is 1. The van der Waals surface area contributed by atoms with E-state index in [-0.39, 0.29) is 11.6 Å². The average Bonchev–Trinajstić information content (AvgIpc) is 3.14. The highest BCUT2D eigenvalue weighted by Crippen LogP contribution is 2.42. The second-order valence-electron chi connectivity index (χ2n) is 5.96. The first-order chi connectivity index (χ1) is 12.4. The number of anilines is 2. The fourth-order valence-electron chi connectivity index (χ4n) is 2.85. The van der Waals surface area contributed by atoms with Gasteiger partial charge in [-0.3, -0.25) is 9.40 Å². The normalized spacial score (nSPS) is 28.3. The maximum absolute atomic E-state index is 15.3.